The summed E-state index contributed by atoms with van der Waals surface area (Å²) in [6.07, 6.45) is 0. The van der Waals surface area contributed by atoms with Crippen molar-refractivity contribution in [2.45, 2.75) is 19.6 Å². The molecular weight excluding hydrogens is 456 g/mol. The first-order valence-corrected chi connectivity index (χ1v) is 12.3. The van der Waals surface area contributed by atoms with Gasteiger partial charge in [0, 0.05) is 25.7 Å². The van der Waals surface area contributed by atoms with Crippen molar-refractivity contribution < 1.29 is 28.4 Å². The van der Waals surface area contributed by atoms with Crippen molar-refractivity contribution >= 4 is 35.3 Å². The monoisotopic (exact) mass is 486 g/mol. The molecule has 0 atom stereocenters. The van der Waals surface area contributed by atoms with Crippen LogP contribution in [-0.2, 0) is 9.47 Å². The van der Waals surface area contributed by atoms with Crippen LogP contribution in [0.25, 0.3) is 0 Å². The summed E-state index contributed by atoms with van der Waals surface area (Å²) in [6.45, 7) is 1.33. The number of ether oxygens (including phenoxy) is 6. The van der Waals surface area contributed by atoms with Crippen LogP contribution < -0.4 is 18.9 Å². The van der Waals surface area contributed by atoms with Crippen molar-refractivity contribution in [3.8, 4) is 23.0 Å². The Morgan fingerprint density at radius 1 is 0.516 bits per heavy atom. The Balaban J connectivity index is 2.38. The number of methoxy groups -OCH3 is 6. The van der Waals surface area contributed by atoms with E-state index in [2.05, 4.69) is 0 Å². The first kappa shape index (κ1) is 25.9. The molecule has 0 heterocycles. The first-order chi connectivity index (χ1) is 15.1. The highest BCUT2D eigenvalue weighted by Crippen LogP contribution is 2.50. The highest BCUT2D eigenvalue weighted by molar-refractivity contribution is 8.00. The van der Waals surface area contributed by atoms with Crippen LogP contribution in [0.2, 0.25) is 0 Å². The van der Waals surface area contributed by atoms with Crippen LogP contribution in [0.1, 0.15) is 0 Å². The molecular formula is C22H30O6S3. The molecule has 0 aromatic heterocycles. The second kappa shape index (κ2) is 13.9. The molecule has 9 heteroatoms. The zero-order valence-electron chi connectivity index (χ0n) is 18.8. The summed E-state index contributed by atoms with van der Waals surface area (Å²) < 4.78 is 33.1. The van der Waals surface area contributed by atoms with Crippen molar-refractivity contribution in [1.29, 1.82) is 0 Å². The van der Waals surface area contributed by atoms with Gasteiger partial charge in [-0.15, -0.1) is 23.5 Å². The van der Waals surface area contributed by atoms with Gasteiger partial charge in [-0.3, -0.25) is 0 Å². The lowest BCUT2D eigenvalue weighted by Crippen LogP contribution is -1.98. The van der Waals surface area contributed by atoms with E-state index in [1.165, 1.54) is 0 Å². The Morgan fingerprint density at radius 3 is 1.16 bits per heavy atom. The number of hydrogen-bond donors (Lipinski definition) is 0. The van der Waals surface area contributed by atoms with Crippen LogP contribution in [0.3, 0.4) is 0 Å². The number of hydrogen-bond acceptors (Lipinski definition) is 9. The Kier molecular flexibility index (Phi) is 11.6. The minimum Gasteiger partial charge on any atom is -0.492 e. The predicted molar refractivity (Wildman–Crippen MR) is 128 cm³/mol. The maximum atomic E-state index is 5.73. The maximum absolute atomic E-state index is 5.73. The van der Waals surface area contributed by atoms with Gasteiger partial charge < -0.3 is 28.4 Å². The summed E-state index contributed by atoms with van der Waals surface area (Å²) in [5, 5.41) is 0. The van der Waals surface area contributed by atoms with Crippen molar-refractivity contribution in [3.05, 3.63) is 24.3 Å². The summed E-state index contributed by atoms with van der Waals surface area (Å²) >= 11 is 4.88. The molecule has 172 valence electrons. The normalized spacial score (nSPS) is 10.8. The Hall–Kier alpha value is -1.39. The third-order valence-corrected chi connectivity index (χ3v) is 7.30. The van der Waals surface area contributed by atoms with Gasteiger partial charge in [-0.05, 0) is 24.3 Å². The topological polar surface area (TPSA) is 55.4 Å². The fourth-order valence-corrected chi connectivity index (χ4v) is 5.73. The van der Waals surface area contributed by atoms with E-state index in [-0.39, 0.29) is 0 Å². The lowest BCUT2D eigenvalue weighted by atomic mass is 10.3. The molecule has 0 aliphatic rings. The molecule has 2 aromatic rings. The zero-order chi connectivity index (χ0) is 22.6. The van der Waals surface area contributed by atoms with Gasteiger partial charge in [-0.1, -0.05) is 11.8 Å². The molecule has 0 radical (unpaired) electrons. The van der Waals surface area contributed by atoms with Crippen LogP contribution in [-0.4, -0.2) is 67.4 Å². The van der Waals surface area contributed by atoms with Crippen LogP contribution in [0.5, 0.6) is 23.0 Å². The SMILES string of the molecule is COCCSc1ccc(Sc2ccc(SCCOC)c(OC)c2OC)c(OC)c1OC. The fraction of sp³-hybridized carbons (Fsp3) is 0.455. The van der Waals surface area contributed by atoms with Crippen molar-refractivity contribution in [3.63, 3.8) is 0 Å². The van der Waals surface area contributed by atoms with E-state index < -0.39 is 0 Å². The molecule has 0 fully saturated rings. The molecule has 0 unspecified atom stereocenters. The summed E-state index contributed by atoms with van der Waals surface area (Å²) in [6, 6.07) is 8.16. The summed E-state index contributed by atoms with van der Waals surface area (Å²) in [5.74, 6) is 4.47. The molecule has 0 N–H and O–H groups in total. The third-order valence-electron chi connectivity index (χ3n) is 4.21. The van der Waals surface area contributed by atoms with Crippen molar-refractivity contribution in [1.82, 2.24) is 0 Å². The third kappa shape index (κ3) is 6.79. The van der Waals surface area contributed by atoms with Gasteiger partial charge in [0.1, 0.15) is 0 Å². The Bertz CT molecular complexity index is 764. The highest BCUT2D eigenvalue weighted by Gasteiger charge is 2.21. The minimum atomic E-state index is 0.665. The van der Waals surface area contributed by atoms with Gasteiger partial charge in [-0.2, -0.15) is 0 Å². The zero-order valence-corrected chi connectivity index (χ0v) is 21.3. The largest absolute Gasteiger partial charge is 0.492 e. The lowest BCUT2D eigenvalue weighted by Gasteiger charge is -2.18. The van der Waals surface area contributed by atoms with Gasteiger partial charge in [0.2, 0.25) is 0 Å². The minimum absolute atomic E-state index is 0.665. The maximum Gasteiger partial charge on any atom is 0.175 e. The molecule has 0 saturated carbocycles. The lowest BCUT2D eigenvalue weighted by molar-refractivity contribution is 0.218. The summed E-state index contributed by atoms with van der Waals surface area (Å²) in [7, 11) is 10.0. The van der Waals surface area contributed by atoms with Crippen molar-refractivity contribution in [2.75, 3.05) is 67.4 Å². The molecule has 0 saturated heterocycles. The predicted octanol–water partition coefficient (Wildman–Crippen LogP) is 5.35. The second-order valence-corrected chi connectivity index (χ2v) is 9.40. The molecule has 31 heavy (non-hydrogen) atoms. The molecule has 0 aliphatic heterocycles. The van der Waals surface area contributed by atoms with Gasteiger partial charge in [0.15, 0.2) is 23.0 Å². The number of rotatable bonds is 14. The van der Waals surface area contributed by atoms with E-state index in [1.807, 2.05) is 24.3 Å². The van der Waals surface area contributed by atoms with E-state index in [0.29, 0.717) is 36.2 Å². The molecule has 6 nitrogen and oxygen atoms in total. The quantitative estimate of drug-likeness (QED) is 0.260. The van der Waals surface area contributed by atoms with Crippen LogP contribution >= 0.6 is 35.3 Å². The molecule has 0 amide bonds. The van der Waals surface area contributed by atoms with E-state index >= 15 is 0 Å². The van der Waals surface area contributed by atoms with E-state index in [1.54, 1.807) is 77.9 Å². The van der Waals surface area contributed by atoms with Crippen LogP contribution in [0.15, 0.2) is 43.8 Å². The summed E-state index contributed by atoms with van der Waals surface area (Å²) in [4.78, 5) is 3.87. The first-order valence-electron chi connectivity index (χ1n) is 9.56. The molecule has 0 bridgehead atoms. The molecule has 2 aromatic carbocycles. The highest BCUT2D eigenvalue weighted by atomic mass is 32.2. The van der Waals surface area contributed by atoms with Crippen LogP contribution in [0, 0.1) is 0 Å². The Morgan fingerprint density at radius 2 is 0.839 bits per heavy atom. The Labute approximate surface area is 197 Å². The number of benzene rings is 2. The fourth-order valence-electron chi connectivity index (χ4n) is 2.80. The van der Waals surface area contributed by atoms with Crippen LogP contribution in [0.4, 0.5) is 0 Å². The molecule has 2 rings (SSSR count). The van der Waals surface area contributed by atoms with E-state index in [4.69, 9.17) is 28.4 Å². The van der Waals surface area contributed by atoms with E-state index in [0.717, 1.165) is 31.1 Å². The average Bonchev–Trinajstić information content (AvgIpc) is 2.79. The smallest absolute Gasteiger partial charge is 0.175 e. The summed E-state index contributed by atoms with van der Waals surface area (Å²) in [5.41, 5.74) is 0. The standard InChI is InChI=1S/C22H30O6S3/c1-23-11-13-29-15-7-9-17(21(27-5)19(15)25-3)31-18-10-8-16(30-14-12-24-2)20(26-4)22(18)28-6/h7-10H,11-14H2,1-6H3. The van der Waals surface area contributed by atoms with E-state index in [9.17, 15) is 0 Å². The second-order valence-electron chi connectivity index (χ2n) is 6.04. The molecule has 0 aliphatic carbocycles. The van der Waals surface area contributed by atoms with Gasteiger partial charge in [-0.25, -0.2) is 0 Å². The molecule has 0 spiro atoms. The van der Waals surface area contributed by atoms with Gasteiger partial charge in [0.05, 0.1) is 61.2 Å². The van der Waals surface area contributed by atoms with Crippen molar-refractivity contribution in [2.24, 2.45) is 0 Å². The number of thioether (sulfide) groups is 2. The van der Waals surface area contributed by atoms with Gasteiger partial charge in [0.25, 0.3) is 0 Å². The average molecular weight is 487 g/mol. The van der Waals surface area contributed by atoms with Gasteiger partial charge >= 0.3 is 0 Å².